The summed E-state index contributed by atoms with van der Waals surface area (Å²) in [6, 6.07) is 17.5. The minimum atomic E-state index is -0.0647. The molecule has 1 aliphatic heterocycles. The number of likely N-dealkylation sites (tertiary alicyclic amines) is 1. The summed E-state index contributed by atoms with van der Waals surface area (Å²) in [5.74, 6) is 1.96. The smallest absolute Gasteiger partial charge is 0.232 e. The third-order valence-corrected chi connectivity index (χ3v) is 4.65. The number of benzene rings is 2. The largest absolute Gasteiger partial charge is 0.494 e. The molecule has 0 spiro atoms. The van der Waals surface area contributed by atoms with E-state index in [0.717, 1.165) is 16.9 Å². The van der Waals surface area contributed by atoms with Gasteiger partial charge in [-0.1, -0.05) is 47.6 Å². The second kappa shape index (κ2) is 7.61. The standard InChI is InChI=1S/C21H21N3O3/c1-2-26-18-10-8-15(9-11-18)13-24-14-17(12-19(24)25)21-22-20(23-27-21)16-6-4-3-5-7-16/h3-11,17H,2,12-14H2,1H3. The monoisotopic (exact) mass is 363 g/mol. The van der Waals surface area contributed by atoms with Gasteiger partial charge in [0.25, 0.3) is 0 Å². The number of amides is 1. The van der Waals surface area contributed by atoms with Gasteiger partial charge in [0.05, 0.1) is 12.5 Å². The first-order valence-corrected chi connectivity index (χ1v) is 9.11. The molecule has 6 nitrogen and oxygen atoms in total. The lowest BCUT2D eigenvalue weighted by Crippen LogP contribution is -2.24. The van der Waals surface area contributed by atoms with Gasteiger partial charge in [0.1, 0.15) is 5.75 Å². The van der Waals surface area contributed by atoms with E-state index >= 15 is 0 Å². The predicted molar refractivity (Wildman–Crippen MR) is 100 cm³/mol. The molecule has 0 bridgehead atoms. The molecule has 6 heteroatoms. The van der Waals surface area contributed by atoms with Gasteiger partial charge in [-0.2, -0.15) is 4.98 Å². The average molecular weight is 363 g/mol. The molecule has 3 aromatic rings. The summed E-state index contributed by atoms with van der Waals surface area (Å²) < 4.78 is 10.9. The van der Waals surface area contributed by atoms with Gasteiger partial charge in [-0.25, -0.2) is 0 Å². The summed E-state index contributed by atoms with van der Waals surface area (Å²) in [4.78, 5) is 18.8. The Labute approximate surface area is 157 Å². The number of carbonyl (C=O) groups is 1. The molecule has 0 saturated carbocycles. The molecule has 27 heavy (non-hydrogen) atoms. The van der Waals surface area contributed by atoms with Crippen molar-refractivity contribution in [3.63, 3.8) is 0 Å². The van der Waals surface area contributed by atoms with Crippen LogP contribution in [0.4, 0.5) is 0 Å². The van der Waals surface area contributed by atoms with E-state index in [4.69, 9.17) is 9.26 Å². The van der Waals surface area contributed by atoms with Crippen molar-refractivity contribution in [2.24, 2.45) is 0 Å². The molecule has 1 saturated heterocycles. The third-order valence-electron chi connectivity index (χ3n) is 4.65. The van der Waals surface area contributed by atoms with Gasteiger partial charge >= 0.3 is 0 Å². The number of aromatic nitrogens is 2. The van der Waals surface area contributed by atoms with Gasteiger partial charge in [0.2, 0.25) is 17.6 Å². The molecule has 1 aliphatic rings. The van der Waals surface area contributed by atoms with E-state index in [9.17, 15) is 4.79 Å². The van der Waals surface area contributed by atoms with Gasteiger partial charge in [0.15, 0.2) is 0 Å². The Balaban J connectivity index is 1.42. The fourth-order valence-corrected chi connectivity index (χ4v) is 3.27. The summed E-state index contributed by atoms with van der Waals surface area (Å²) in [6.07, 6.45) is 0.396. The molecule has 2 heterocycles. The van der Waals surface area contributed by atoms with Crippen molar-refractivity contribution in [1.82, 2.24) is 15.0 Å². The highest BCUT2D eigenvalue weighted by Gasteiger charge is 2.34. The minimum absolute atomic E-state index is 0.0647. The fourth-order valence-electron chi connectivity index (χ4n) is 3.27. The van der Waals surface area contributed by atoms with Gasteiger partial charge in [-0.05, 0) is 24.6 Å². The van der Waals surface area contributed by atoms with E-state index in [-0.39, 0.29) is 11.8 Å². The Hall–Kier alpha value is -3.15. The summed E-state index contributed by atoms with van der Waals surface area (Å²) in [6.45, 7) is 3.75. The molecule has 0 N–H and O–H groups in total. The van der Waals surface area contributed by atoms with Crippen LogP contribution in [-0.4, -0.2) is 34.1 Å². The predicted octanol–water partition coefficient (Wildman–Crippen LogP) is 3.65. The zero-order valence-electron chi connectivity index (χ0n) is 15.2. The van der Waals surface area contributed by atoms with Crippen molar-refractivity contribution in [3.05, 3.63) is 66.1 Å². The number of nitrogens with zero attached hydrogens (tertiary/aromatic N) is 3. The number of rotatable bonds is 6. The van der Waals surface area contributed by atoms with E-state index in [1.54, 1.807) is 0 Å². The molecular formula is C21H21N3O3. The van der Waals surface area contributed by atoms with Crippen molar-refractivity contribution < 1.29 is 14.1 Å². The highest BCUT2D eigenvalue weighted by molar-refractivity contribution is 5.79. The summed E-state index contributed by atoms with van der Waals surface area (Å²) in [5.41, 5.74) is 1.98. The SMILES string of the molecule is CCOc1ccc(CN2CC(c3nc(-c4ccccc4)no3)CC2=O)cc1. The minimum Gasteiger partial charge on any atom is -0.494 e. The molecule has 1 aromatic heterocycles. The molecule has 138 valence electrons. The van der Waals surface area contributed by atoms with Crippen molar-refractivity contribution in [2.45, 2.75) is 25.8 Å². The van der Waals surface area contributed by atoms with E-state index in [2.05, 4.69) is 10.1 Å². The van der Waals surface area contributed by atoms with E-state index in [1.165, 1.54) is 0 Å². The molecule has 2 aromatic carbocycles. The van der Waals surface area contributed by atoms with Crippen LogP contribution in [0.15, 0.2) is 59.1 Å². The second-order valence-electron chi connectivity index (χ2n) is 6.57. The molecule has 1 amide bonds. The van der Waals surface area contributed by atoms with Crippen molar-refractivity contribution in [1.29, 1.82) is 0 Å². The summed E-state index contributed by atoms with van der Waals surface area (Å²) in [7, 11) is 0. The zero-order valence-corrected chi connectivity index (χ0v) is 15.2. The number of hydrogen-bond donors (Lipinski definition) is 0. The first-order chi connectivity index (χ1) is 13.2. The topological polar surface area (TPSA) is 68.5 Å². The van der Waals surface area contributed by atoms with Crippen LogP contribution in [0, 0.1) is 0 Å². The Morgan fingerprint density at radius 3 is 2.67 bits per heavy atom. The average Bonchev–Trinajstić information content (AvgIpc) is 3.32. The molecular weight excluding hydrogens is 342 g/mol. The van der Waals surface area contributed by atoms with Gasteiger partial charge in [-0.15, -0.1) is 0 Å². The highest BCUT2D eigenvalue weighted by atomic mass is 16.5. The molecule has 4 rings (SSSR count). The van der Waals surface area contributed by atoms with Crippen LogP contribution in [0.5, 0.6) is 5.75 Å². The van der Waals surface area contributed by atoms with E-state index < -0.39 is 0 Å². The fraction of sp³-hybridized carbons (Fsp3) is 0.286. The summed E-state index contributed by atoms with van der Waals surface area (Å²) in [5, 5.41) is 4.06. The van der Waals surface area contributed by atoms with Crippen molar-refractivity contribution in [2.75, 3.05) is 13.2 Å². The molecule has 1 fully saturated rings. The maximum Gasteiger partial charge on any atom is 0.232 e. The lowest BCUT2D eigenvalue weighted by molar-refractivity contribution is -0.128. The van der Waals surface area contributed by atoms with Crippen molar-refractivity contribution >= 4 is 5.91 Å². The maximum atomic E-state index is 12.4. The van der Waals surface area contributed by atoms with Crippen LogP contribution in [0.2, 0.25) is 0 Å². The molecule has 0 aliphatic carbocycles. The normalized spacial score (nSPS) is 16.7. The van der Waals surface area contributed by atoms with Crippen LogP contribution < -0.4 is 4.74 Å². The zero-order chi connectivity index (χ0) is 18.6. The highest BCUT2D eigenvalue weighted by Crippen LogP contribution is 2.29. The Morgan fingerprint density at radius 2 is 1.93 bits per heavy atom. The van der Waals surface area contributed by atoms with Gasteiger partial charge in [0, 0.05) is 25.1 Å². The second-order valence-corrected chi connectivity index (χ2v) is 6.57. The Kier molecular flexibility index (Phi) is 4.87. The number of hydrogen-bond acceptors (Lipinski definition) is 5. The molecule has 1 atom stereocenters. The van der Waals surface area contributed by atoms with Gasteiger partial charge in [-0.3, -0.25) is 4.79 Å². The first-order valence-electron chi connectivity index (χ1n) is 9.11. The van der Waals surface area contributed by atoms with Crippen LogP contribution in [0.3, 0.4) is 0 Å². The van der Waals surface area contributed by atoms with Crippen molar-refractivity contribution in [3.8, 4) is 17.1 Å². The lowest BCUT2D eigenvalue weighted by Gasteiger charge is -2.16. The lowest BCUT2D eigenvalue weighted by atomic mass is 10.1. The van der Waals surface area contributed by atoms with Crippen LogP contribution in [0.25, 0.3) is 11.4 Å². The Morgan fingerprint density at radius 1 is 1.15 bits per heavy atom. The van der Waals surface area contributed by atoms with E-state index in [1.807, 2.05) is 66.4 Å². The van der Waals surface area contributed by atoms with Crippen LogP contribution in [0.1, 0.15) is 30.7 Å². The van der Waals surface area contributed by atoms with E-state index in [0.29, 0.717) is 37.8 Å². The molecule has 0 radical (unpaired) electrons. The first kappa shape index (κ1) is 17.3. The number of ether oxygens (including phenoxy) is 1. The Bertz CT molecular complexity index is 906. The van der Waals surface area contributed by atoms with Crippen LogP contribution in [-0.2, 0) is 11.3 Å². The van der Waals surface area contributed by atoms with Crippen LogP contribution >= 0.6 is 0 Å². The number of carbonyl (C=O) groups excluding carboxylic acids is 1. The van der Waals surface area contributed by atoms with Gasteiger partial charge < -0.3 is 14.2 Å². The maximum absolute atomic E-state index is 12.4. The summed E-state index contributed by atoms with van der Waals surface area (Å²) >= 11 is 0. The molecule has 1 unspecified atom stereocenters. The third kappa shape index (κ3) is 3.84. The quantitative estimate of drug-likeness (QED) is 0.669.